The van der Waals surface area contributed by atoms with E-state index in [2.05, 4.69) is 10.2 Å². The van der Waals surface area contributed by atoms with Gasteiger partial charge in [0.05, 0.1) is 38.1 Å². The van der Waals surface area contributed by atoms with Crippen LogP contribution in [0.25, 0.3) is 6.08 Å². The van der Waals surface area contributed by atoms with Crippen molar-refractivity contribution in [3.63, 3.8) is 0 Å². The number of nitrogens with zero attached hydrogens (tertiary/aromatic N) is 3. The van der Waals surface area contributed by atoms with Crippen LogP contribution in [0, 0.1) is 6.92 Å². The summed E-state index contributed by atoms with van der Waals surface area (Å²) in [6.07, 6.45) is 5.07. The van der Waals surface area contributed by atoms with Crippen LogP contribution in [0.1, 0.15) is 22.5 Å². The molecule has 1 aromatic heterocycles. The van der Waals surface area contributed by atoms with Crippen molar-refractivity contribution in [1.29, 1.82) is 0 Å². The summed E-state index contributed by atoms with van der Waals surface area (Å²) in [4.78, 5) is 15.3. The summed E-state index contributed by atoms with van der Waals surface area (Å²) in [5.41, 5.74) is 2.87. The first-order valence-electron chi connectivity index (χ1n) is 10.2. The highest BCUT2D eigenvalue weighted by Crippen LogP contribution is 2.35. The second-order valence-corrected chi connectivity index (χ2v) is 8.19. The third-order valence-corrected chi connectivity index (χ3v) is 6.01. The second kappa shape index (κ2) is 10.2. The Bertz CT molecular complexity index is 1230. The van der Waals surface area contributed by atoms with E-state index in [0.29, 0.717) is 27.3 Å². The average molecular weight is 462 g/mol. The van der Waals surface area contributed by atoms with Crippen LogP contribution in [0.15, 0.2) is 80.4 Å². The topological polar surface area (TPSA) is 76.6 Å². The van der Waals surface area contributed by atoms with Crippen LogP contribution < -0.4 is 9.47 Å². The predicted molar refractivity (Wildman–Crippen MR) is 131 cm³/mol. The smallest absolute Gasteiger partial charge is 0.267 e. The number of aryl methyl sites for hydroxylation is 1. The molecule has 33 heavy (non-hydrogen) atoms. The molecule has 0 bridgehead atoms. The van der Waals surface area contributed by atoms with E-state index < -0.39 is 0 Å². The molecule has 3 aromatic rings. The number of amidine groups is 1. The molecule has 0 spiro atoms. The Morgan fingerprint density at radius 3 is 2.61 bits per heavy atom. The summed E-state index contributed by atoms with van der Waals surface area (Å²) in [5, 5.41) is 9.08. The van der Waals surface area contributed by atoms with Gasteiger partial charge in [0.25, 0.3) is 5.91 Å². The molecule has 2 aromatic carbocycles. The maximum absolute atomic E-state index is 13.2. The molecule has 2 heterocycles. The van der Waals surface area contributed by atoms with Crippen molar-refractivity contribution in [2.24, 2.45) is 10.2 Å². The summed E-state index contributed by atoms with van der Waals surface area (Å²) in [7, 11) is 3.16. The maximum atomic E-state index is 13.2. The van der Waals surface area contributed by atoms with Crippen LogP contribution in [0.3, 0.4) is 0 Å². The Labute approximate surface area is 196 Å². The summed E-state index contributed by atoms with van der Waals surface area (Å²) in [6, 6.07) is 17.0. The van der Waals surface area contributed by atoms with E-state index in [1.807, 2.05) is 49.4 Å². The van der Waals surface area contributed by atoms with E-state index in [1.54, 1.807) is 49.8 Å². The molecule has 1 aliphatic heterocycles. The van der Waals surface area contributed by atoms with Crippen molar-refractivity contribution in [3.05, 3.63) is 88.2 Å². The van der Waals surface area contributed by atoms with Crippen molar-refractivity contribution in [2.75, 3.05) is 14.2 Å². The Hall–Kier alpha value is -3.78. The summed E-state index contributed by atoms with van der Waals surface area (Å²) in [5.74, 6) is 1.70. The molecule has 0 N–H and O–H groups in total. The lowest BCUT2D eigenvalue weighted by Crippen LogP contribution is -2.28. The Morgan fingerprint density at radius 2 is 1.88 bits per heavy atom. The molecule has 4 rings (SSSR count). The highest BCUT2D eigenvalue weighted by Gasteiger charge is 2.34. The van der Waals surface area contributed by atoms with Crippen LogP contribution in [0.4, 0.5) is 0 Å². The van der Waals surface area contributed by atoms with Crippen LogP contribution in [-0.4, -0.2) is 36.4 Å². The third kappa shape index (κ3) is 5.18. The van der Waals surface area contributed by atoms with E-state index >= 15 is 0 Å². The number of thioether (sulfide) groups is 1. The molecule has 0 unspecified atom stereocenters. The van der Waals surface area contributed by atoms with Gasteiger partial charge in [0.2, 0.25) is 0 Å². The highest BCUT2D eigenvalue weighted by molar-refractivity contribution is 8.18. The van der Waals surface area contributed by atoms with E-state index in [0.717, 1.165) is 16.7 Å². The molecule has 1 fully saturated rings. The van der Waals surface area contributed by atoms with Gasteiger partial charge >= 0.3 is 0 Å². The zero-order valence-electron chi connectivity index (χ0n) is 18.5. The van der Waals surface area contributed by atoms with Crippen molar-refractivity contribution in [2.45, 2.75) is 13.5 Å². The fourth-order valence-corrected chi connectivity index (χ4v) is 4.18. The van der Waals surface area contributed by atoms with E-state index in [-0.39, 0.29) is 12.5 Å². The standard InChI is InChI=1S/C25H23N3O4S/c1-17-7-4-5-8-19(17)15-26-27-25-28(16-20-9-6-12-32-20)24(29)23(33-25)14-18-10-11-21(30-2)22(13-18)31-3/h4-15H,16H2,1-3H3/b23-14-,26-15+,27-25-. The third-order valence-electron chi connectivity index (χ3n) is 5.02. The summed E-state index contributed by atoms with van der Waals surface area (Å²) in [6.45, 7) is 2.27. The lowest BCUT2D eigenvalue weighted by molar-refractivity contribution is -0.122. The zero-order valence-corrected chi connectivity index (χ0v) is 19.3. The van der Waals surface area contributed by atoms with Crippen molar-refractivity contribution in [3.8, 4) is 11.5 Å². The van der Waals surface area contributed by atoms with E-state index in [1.165, 1.54) is 11.8 Å². The van der Waals surface area contributed by atoms with Gasteiger partial charge in [-0.15, -0.1) is 5.10 Å². The van der Waals surface area contributed by atoms with Gasteiger partial charge in [0, 0.05) is 0 Å². The van der Waals surface area contributed by atoms with E-state index in [4.69, 9.17) is 13.9 Å². The molecule has 0 saturated carbocycles. The summed E-state index contributed by atoms with van der Waals surface area (Å²) < 4.78 is 16.1. The molecule has 0 radical (unpaired) electrons. The number of hydrogen-bond donors (Lipinski definition) is 0. The highest BCUT2D eigenvalue weighted by atomic mass is 32.2. The van der Waals surface area contributed by atoms with Crippen LogP contribution in [0.2, 0.25) is 0 Å². The van der Waals surface area contributed by atoms with Crippen molar-refractivity contribution in [1.82, 2.24) is 4.90 Å². The molecular weight excluding hydrogens is 438 g/mol. The monoisotopic (exact) mass is 461 g/mol. The predicted octanol–water partition coefficient (Wildman–Crippen LogP) is 5.11. The van der Waals surface area contributed by atoms with Gasteiger partial charge in [0.1, 0.15) is 5.76 Å². The van der Waals surface area contributed by atoms with Crippen molar-refractivity contribution < 1.29 is 18.7 Å². The minimum absolute atomic E-state index is 0.170. The van der Waals surface area contributed by atoms with Crippen LogP contribution in [0.5, 0.6) is 11.5 Å². The van der Waals surface area contributed by atoms with Gasteiger partial charge in [-0.3, -0.25) is 9.69 Å². The van der Waals surface area contributed by atoms with Gasteiger partial charge in [-0.2, -0.15) is 5.10 Å². The second-order valence-electron chi connectivity index (χ2n) is 7.18. The number of methoxy groups -OCH3 is 2. The lowest BCUT2D eigenvalue weighted by atomic mass is 10.1. The van der Waals surface area contributed by atoms with Gasteiger partial charge in [-0.25, -0.2) is 0 Å². The van der Waals surface area contributed by atoms with E-state index in [9.17, 15) is 4.79 Å². The molecule has 0 atom stereocenters. The van der Waals surface area contributed by atoms with Crippen LogP contribution in [-0.2, 0) is 11.3 Å². The fourth-order valence-electron chi connectivity index (χ4n) is 3.25. The molecule has 1 aliphatic rings. The SMILES string of the molecule is COc1ccc(/C=C2\S/C(=N\N=C\c3ccccc3C)N(Cc3ccco3)C2=O)cc1OC. The lowest BCUT2D eigenvalue weighted by Gasteiger charge is -2.12. The Kier molecular flexibility index (Phi) is 6.95. The van der Waals surface area contributed by atoms with Gasteiger partial charge < -0.3 is 13.9 Å². The minimum Gasteiger partial charge on any atom is -0.493 e. The van der Waals surface area contributed by atoms with Crippen molar-refractivity contribution >= 4 is 35.1 Å². The number of rotatable bonds is 7. The first-order valence-corrected chi connectivity index (χ1v) is 11.0. The normalized spacial score (nSPS) is 16.3. The average Bonchev–Trinajstić information content (AvgIpc) is 3.44. The number of ether oxygens (including phenoxy) is 2. The largest absolute Gasteiger partial charge is 0.493 e. The van der Waals surface area contributed by atoms with Gasteiger partial charge in [0.15, 0.2) is 16.7 Å². The molecule has 8 heteroatoms. The number of furan rings is 1. The fraction of sp³-hybridized carbons (Fsp3) is 0.160. The molecule has 1 saturated heterocycles. The first kappa shape index (κ1) is 22.4. The Morgan fingerprint density at radius 1 is 1.06 bits per heavy atom. The Balaban J connectivity index is 1.64. The molecule has 168 valence electrons. The first-order chi connectivity index (χ1) is 16.1. The van der Waals surface area contributed by atoms with Gasteiger partial charge in [-0.1, -0.05) is 30.3 Å². The zero-order chi connectivity index (χ0) is 23.2. The number of carbonyl (C=O) groups is 1. The number of amides is 1. The number of carbonyl (C=O) groups excluding carboxylic acids is 1. The molecule has 7 nitrogen and oxygen atoms in total. The molecule has 0 aliphatic carbocycles. The minimum atomic E-state index is -0.170. The maximum Gasteiger partial charge on any atom is 0.267 e. The molecular formula is C25H23N3O4S. The van der Waals surface area contributed by atoms with Crippen LogP contribution >= 0.6 is 11.8 Å². The molecule has 1 amide bonds. The number of benzene rings is 2. The number of hydrogen-bond acceptors (Lipinski definition) is 7. The quantitative estimate of drug-likeness (QED) is 0.278. The summed E-state index contributed by atoms with van der Waals surface area (Å²) >= 11 is 1.27. The van der Waals surface area contributed by atoms with Gasteiger partial charge in [-0.05, 0) is 65.7 Å².